The highest BCUT2D eigenvalue weighted by atomic mass is 16.5. The van der Waals surface area contributed by atoms with Gasteiger partial charge in [-0.05, 0) is 12.1 Å². The van der Waals surface area contributed by atoms with E-state index in [1.165, 1.54) is 0 Å². The minimum absolute atomic E-state index is 0.0597. The van der Waals surface area contributed by atoms with Gasteiger partial charge in [0.1, 0.15) is 12.0 Å². The number of amides is 1. The fraction of sp³-hybridized carbons (Fsp3) is 0.273. The molecule has 1 amide bonds. The van der Waals surface area contributed by atoms with Crippen molar-refractivity contribution in [1.29, 1.82) is 0 Å². The Labute approximate surface area is 88.2 Å². The molecule has 0 aliphatic heterocycles. The van der Waals surface area contributed by atoms with E-state index in [4.69, 9.17) is 4.74 Å². The van der Waals surface area contributed by atoms with Gasteiger partial charge in [0.25, 0.3) is 0 Å². The van der Waals surface area contributed by atoms with Gasteiger partial charge in [0.15, 0.2) is 0 Å². The molecule has 0 saturated carbocycles. The highest BCUT2D eigenvalue weighted by molar-refractivity contribution is 5.78. The van der Waals surface area contributed by atoms with Crippen LogP contribution in [0.3, 0.4) is 0 Å². The summed E-state index contributed by atoms with van der Waals surface area (Å²) in [6, 6.07) is 9.26. The lowest BCUT2D eigenvalue weighted by Crippen LogP contribution is -2.26. The maximum absolute atomic E-state index is 11.0. The van der Waals surface area contributed by atoms with E-state index in [2.05, 4.69) is 5.32 Å². The van der Waals surface area contributed by atoms with Crippen LogP contribution in [0.5, 0.6) is 5.75 Å². The largest absolute Gasteiger partial charge is 0.493 e. The van der Waals surface area contributed by atoms with E-state index in [-0.39, 0.29) is 18.9 Å². The van der Waals surface area contributed by atoms with Gasteiger partial charge in [-0.15, -0.1) is 0 Å². The summed E-state index contributed by atoms with van der Waals surface area (Å²) < 4.78 is 5.31. The van der Waals surface area contributed by atoms with Crippen LogP contribution < -0.4 is 10.1 Å². The van der Waals surface area contributed by atoms with Crippen LogP contribution in [-0.2, 0) is 9.59 Å². The van der Waals surface area contributed by atoms with Gasteiger partial charge in [-0.3, -0.25) is 4.79 Å². The Kier molecular flexibility index (Phi) is 4.94. The van der Waals surface area contributed by atoms with Crippen LogP contribution in [0.15, 0.2) is 30.3 Å². The predicted octanol–water partition coefficient (Wildman–Crippen LogP) is 0.771. The molecule has 0 aliphatic carbocycles. The fourth-order valence-corrected chi connectivity index (χ4v) is 1.02. The Hall–Kier alpha value is -1.84. The molecular formula is C11H13NO3. The maximum Gasteiger partial charge on any atom is 0.223 e. The van der Waals surface area contributed by atoms with Crippen molar-refractivity contribution < 1.29 is 14.3 Å². The van der Waals surface area contributed by atoms with Crippen molar-refractivity contribution >= 4 is 12.2 Å². The topological polar surface area (TPSA) is 55.4 Å². The molecule has 1 N–H and O–H groups in total. The summed E-state index contributed by atoms with van der Waals surface area (Å²) in [6.07, 6.45) is 0.901. The molecule has 0 saturated heterocycles. The van der Waals surface area contributed by atoms with Gasteiger partial charge >= 0.3 is 0 Å². The minimum atomic E-state index is -0.182. The van der Waals surface area contributed by atoms with E-state index in [1.54, 1.807) is 0 Å². The zero-order chi connectivity index (χ0) is 10.9. The second-order valence-electron chi connectivity index (χ2n) is 2.88. The summed E-state index contributed by atoms with van der Waals surface area (Å²) in [7, 11) is 0. The summed E-state index contributed by atoms with van der Waals surface area (Å²) in [6.45, 7) is 0.374. The number of nitrogens with one attached hydrogen (secondary N) is 1. The van der Waals surface area contributed by atoms with Crippen molar-refractivity contribution in [3.8, 4) is 5.75 Å². The summed E-state index contributed by atoms with van der Waals surface area (Å²) in [5, 5.41) is 2.43. The van der Waals surface area contributed by atoms with Crippen LogP contribution in [0.25, 0.3) is 0 Å². The fourth-order valence-electron chi connectivity index (χ4n) is 1.02. The molecule has 0 atom stereocenters. The SMILES string of the molecule is O=CCNC(=O)CCOc1ccccc1. The lowest BCUT2D eigenvalue weighted by Gasteiger charge is -2.05. The molecule has 80 valence electrons. The number of carbonyl (C=O) groups is 2. The van der Waals surface area contributed by atoms with Crippen LogP contribution >= 0.6 is 0 Å². The molecule has 1 aromatic rings. The van der Waals surface area contributed by atoms with Crippen molar-refractivity contribution in [3.05, 3.63) is 30.3 Å². The third-order valence-corrected chi connectivity index (χ3v) is 1.72. The summed E-state index contributed by atoms with van der Waals surface area (Å²) in [4.78, 5) is 21.0. The van der Waals surface area contributed by atoms with E-state index in [9.17, 15) is 9.59 Å². The van der Waals surface area contributed by atoms with Crippen molar-refractivity contribution in [1.82, 2.24) is 5.32 Å². The van der Waals surface area contributed by atoms with Crippen LogP contribution in [0, 0.1) is 0 Å². The van der Waals surface area contributed by atoms with Crippen LogP contribution in [0.1, 0.15) is 6.42 Å². The number of ether oxygens (including phenoxy) is 1. The molecule has 4 nitrogen and oxygen atoms in total. The number of benzene rings is 1. The third-order valence-electron chi connectivity index (χ3n) is 1.72. The van der Waals surface area contributed by atoms with Crippen LogP contribution in [-0.4, -0.2) is 25.3 Å². The normalized spacial score (nSPS) is 9.33. The van der Waals surface area contributed by atoms with Crippen molar-refractivity contribution in [2.24, 2.45) is 0 Å². The molecule has 0 heterocycles. The summed E-state index contributed by atoms with van der Waals surface area (Å²) >= 11 is 0. The average Bonchev–Trinajstić information content (AvgIpc) is 2.28. The first-order chi connectivity index (χ1) is 7.33. The third kappa shape index (κ3) is 4.81. The number of hydrogen-bond donors (Lipinski definition) is 1. The molecular weight excluding hydrogens is 194 g/mol. The van der Waals surface area contributed by atoms with Gasteiger partial charge in [-0.25, -0.2) is 0 Å². The highest BCUT2D eigenvalue weighted by Crippen LogP contribution is 2.07. The lowest BCUT2D eigenvalue weighted by molar-refractivity contribution is -0.122. The minimum Gasteiger partial charge on any atom is -0.493 e. The van der Waals surface area contributed by atoms with Crippen molar-refractivity contribution in [2.45, 2.75) is 6.42 Å². The van der Waals surface area contributed by atoms with Crippen molar-refractivity contribution in [2.75, 3.05) is 13.2 Å². The monoisotopic (exact) mass is 207 g/mol. The Morgan fingerprint density at radius 1 is 1.33 bits per heavy atom. The number of para-hydroxylation sites is 1. The predicted molar refractivity (Wildman–Crippen MR) is 55.6 cm³/mol. The van der Waals surface area contributed by atoms with Gasteiger partial charge in [0.05, 0.1) is 19.6 Å². The molecule has 0 aromatic heterocycles. The Balaban J connectivity index is 2.16. The summed E-state index contributed by atoms with van der Waals surface area (Å²) in [5.41, 5.74) is 0. The van der Waals surface area contributed by atoms with Crippen molar-refractivity contribution in [3.63, 3.8) is 0 Å². The second kappa shape index (κ2) is 6.59. The van der Waals surface area contributed by atoms with Gasteiger partial charge in [0, 0.05) is 0 Å². The number of aldehydes is 1. The quantitative estimate of drug-likeness (QED) is 0.701. The van der Waals surface area contributed by atoms with E-state index >= 15 is 0 Å². The number of rotatable bonds is 6. The standard InChI is InChI=1S/C11H13NO3/c13-8-7-12-11(14)6-9-15-10-4-2-1-3-5-10/h1-5,8H,6-7,9H2,(H,12,14). The van der Waals surface area contributed by atoms with Gasteiger partial charge < -0.3 is 14.8 Å². The first-order valence-electron chi connectivity index (χ1n) is 4.71. The molecule has 0 unspecified atom stereocenters. The molecule has 1 aromatic carbocycles. The van der Waals surface area contributed by atoms with E-state index < -0.39 is 0 Å². The summed E-state index contributed by atoms with van der Waals surface area (Å²) in [5.74, 6) is 0.554. The molecule has 0 fully saturated rings. The zero-order valence-electron chi connectivity index (χ0n) is 8.31. The molecule has 0 radical (unpaired) electrons. The van der Waals surface area contributed by atoms with E-state index in [0.29, 0.717) is 12.9 Å². The lowest BCUT2D eigenvalue weighted by atomic mass is 10.3. The zero-order valence-corrected chi connectivity index (χ0v) is 8.31. The second-order valence-corrected chi connectivity index (χ2v) is 2.88. The Morgan fingerprint density at radius 2 is 2.07 bits per heavy atom. The van der Waals surface area contributed by atoms with Gasteiger partial charge in [-0.1, -0.05) is 18.2 Å². The number of hydrogen-bond acceptors (Lipinski definition) is 3. The molecule has 4 heteroatoms. The first-order valence-corrected chi connectivity index (χ1v) is 4.71. The first kappa shape index (κ1) is 11.2. The van der Waals surface area contributed by atoms with Crippen LogP contribution in [0.2, 0.25) is 0 Å². The molecule has 15 heavy (non-hydrogen) atoms. The molecule has 1 rings (SSSR count). The molecule has 0 spiro atoms. The molecule has 0 aliphatic rings. The van der Waals surface area contributed by atoms with Gasteiger partial charge in [-0.2, -0.15) is 0 Å². The van der Waals surface area contributed by atoms with Crippen LogP contribution in [0.4, 0.5) is 0 Å². The molecule has 0 bridgehead atoms. The maximum atomic E-state index is 11.0. The smallest absolute Gasteiger partial charge is 0.223 e. The van der Waals surface area contributed by atoms with E-state index in [1.807, 2.05) is 30.3 Å². The van der Waals surface area contributed by atoms with Gasteiger partial charge in [0.2, 0.25) is 5.91 Å². The Bertz CT molecular complexity index is 311. The highest BCUT2D eigenvalue weighted by Gasteiger charge is 2.00. The number of carbonyl (C=O) groups excluding carboxylic acids is 2. The Morgan fingerprint density at radius 3 is 2.73 bits per heavy atom. The van der Waals surface area contributed by atoms with E-state index in [0.717, 1.165) is 5.75 Å². The average molecular weight is 207 g/mol.